The summed E-state index contributed by atoms with van der Waals surface area (Å²) in [5.41, 5.74) is 11.3. The number of oxazole rings is 1. The van der Waals surface area contributed by atoms with Crippen LogP contribution in [0, 0.1) is 0 Å². The van der Waals surface area contributed by atoms with Crippen molar-refractivity contribution in [2.75, 3.05) is 0 Å². The summed E-state index contributed by atoms with van der Waals surface area (Å²) in [7, 11) is 0. The van der Waals surface area contributed by atoms with E-state index in [-0.39, 0.29) is 0 Å². The number of rotatable bonds is 4. The highest BCUT2D eigenvalue weighted by Gasteiger charge is 2.18. The molecular formula is C46H28N4O. The van der Waals surface area contributed by atoms with Crippen molar-refractivity contribution >= 4 is 65.6 Å². The van der Waals surface area contributed by atoms with Crippen LogP contribution >= 0.6 is 0 Å². The highest BCUT2D eigenvalue weighted by atomic mass is 16.3. The molecule has 0 atom stereocenters. The van der Waals surface area contributed by atoms with Crippen LogP contribution in [0.25, 0.3) is 99.7 Å². The van der Waals surface area contributed by atoms with Crippen LogP contribution in [0.4, 0.5) is 0 Å². The van der Waals surface area contributed by atoms with Crippen LogP contribution in [-0.2, 0) is 0 Å². The van der Waals surface area contributed by atoms with E-state index in [1.54, 1.807) is 0 Å². The molecule has 7 aromatic carbocycles. The summed E-state index contributed by atoms with van der Waals surface area (Å²) >= 11 is 0. The van der Waals surface area contributed by atoms with Gasteiger partial charge in [-0.3, -0.25) is 4.57 Å². The molecule has 0 N–H and O–H groups in total. The third-order valence-corrected chi connectivity index (χ3v) is 10.1. The number of fused-ring (bicyclic) bond motifs is 8. The van der Waals surface area contributed by atoms with Crippen molar-refractivity contribution in [3.05, 3.63) is 170 Å². The lowest BCUT2D eigenvalue weighted by atomic mass is 9.98. The molecule has 238 valence electrons. The van der Waals surface area contributed by atoms with Gasteiger partial charge in [0.05, 0.1) is 27.6 Å². The summed E-state index contributed by atoms with van der Waals surface area (Å²) in [6.07, 6.45) is 0. The number of hydrogen-bond acceptors (Lipinski definition) is 3. The van der Waals surface area contributed by atoms with E-state index in [2.05, 4.69) is 155 Å². The Morgan fingerprint density at radius 1 is 0.392 bits per heavy atom. The number of benzene rings is 7. The second-order valence-electron chi connectivity index (χ2n) is 13.0. The van der Waals surface area contributed by atoms with Crippen molar-refractivity contribution in [2.45, 2.75) is 0 Å². The normalized spacial score (nSPS) is 11.9. The molecule has 51 heavy (non-hydrogen) atoms. The van der Waals surface area contributed by atoms with Crippen LogP contribution in [0.3, 0.4) is 0 Å². The smallest absolute Gasteiger partial charge is 0.227 e. The maximum absolute atomic E-state index is 6.23. The lowest BCUT2D eigenvalue weighted by Gasteiger charge is -2.15. The summed E-state index contributed by atoms with van der Waals surface area (Å²) in [5.74, 6) is 1.47. The summed E-state index contributed by atoms with van der Waals surface area (Å²) < 4.78 is 10.9. The molecular weight excluding hydrogens is 625 g/mol. The van der Waals surface area contributed by atoms with Gasteiger partial charge in [0.15, 0.2) is 5.58 Å². The van der Waals surface area contributed by atoms with Crippen molar-refractivity contribution in [1.82, 2.24) is 19.1 Å². The summed E-state index contributed by atoms with van der Waals surface area (Å²) in [6.45, 7) is 0. The van der Waals surface area contributed by atoms with Gasteiger partial charge in [-0.2, -0.15) is 0 Å². The van der Waals surface area contributed by atoms with Crippen molar-refractivity contribution < 1.29 is 4.42 Å². The molecule has 5 heteroatoms. The summed E-state index contributed by atoms with van der Waals surface area (Å²) in [5, 5.41) is 5.94. The van der Waals surface area contributed by atoms with Crippen LogP contribution < -0.4 is 0 Å². The van der Waals surface area contributed by atoms with Gasteiger partial charge in [0.1, 0.15) is 11.3 Å². The zero-order valence-electron chi connectivity index (χ0n) is 27.4. The largest absolute Gasteiger partial charge is 0.436 e. The van der Waals surface area contributed by atoms with Gasteiger partial charge in [0, 0.05) is 38.2 Å². The van der Waals surface area contributed by atoms with Crippen LogP contribution in [0.1, 0.15) is 0 Å². The molecule has 0 radical (unpaired) electrons. The third-order valence-electron chi connectivity index (χ3n) is 10.1. The Labute approximate surface area is 292 Å². The van der Waals surface area contributed by atoms with Gasteiger partial charge in [0.25, 0.3) is 0 Å². The lowest BCUT2D eigenvalue weighted by Crippen LogP contribution is -2.00. The van der Waals surface area contributed by atoms with E-state index < -0.39 is 0 Å². The molecule has 4 aromatic heterocycles. The van der Waals surface area contributed by atoms with Crippen molar-refractivity contribution in [3.8, 4) is 34.1 Å². The average Bonchev–Trinajstić information content (AvgIpc) is 3.88. The Morgan fingerprint density at radius 3 is 1.61 bits per heavy atom. The number of para-hydroxylation sites is 6. The predicted molar refractivity (Wildman–Crippen MR) is 209 cm³/mol. The fraction of sp³-hybridized carbons (Fsp3) is 0. The first-order valence-electron chi connectivity index (χ1n) is 17.2. The molecule has 0 amide bonds. The number of hydrogen-bond donors (Lipinski definition) is 0. The Kier molecular flexibility index (Phi) is 5.89. The van der Waals surface area contributed by atoms with Crippen LogP contribution in [0.2, 0.25) is 0 Å². The topological polar surface area (TPSA) is 48.8 Å². The van der Waals surface area contributed by atoms with E-state index in [1.165, 1.54) is 32.6 Å². The van der Waals surface area contributed by atoms with Gasteiger partial charge in [-0.05, 0) is 83.9 Å². The highest BCUT2D eigenvalue weighted by molar-refractivity contribution is 6.11. The van der Waals surface area contributed by atoms with Crippen LogP contribution in [0.15, 0.2) is 174 Å². The Hall–Kier alpha value is -6.98. The predicted octanol–water partition coefficient (Wildman–Crippen LogP) is 11.9. The Morgan fingerprint density at radius 2 is 0.961 bits per heavy atom. The lowest BCUT2D eigenvalue weighted by molar-refractivity contribution is 0.620. The van der Waals surface area contributed by atoms with Gasteiger partial charge in [-0.1, -0.05) is 97.1 Å². The minimum atomic E-state index is 0.602. The van der Waals surface area contributed by atoms with E-state index in [1.807, 2.05) is 24.3 Å². The van der Waals surface area contributed by atoms with E-state index >= 15 is 0 Å². The van der Waals surface area contributed by atoms with E-state index in [0.29, 0.717) is 5.89 Å². The molecule has 0 aliphatic rings. The number of aromatic nitrogens is 4. The van der Waals surface area contributed by atoms with Gasteiger partial charge in [0.2, 0.25) is 5.89 Å². The van der Waals surface area contributed by atoms with Crippen LogP contribution in [0.5, 0.6) is 0 Å². The highest BCUT2D eigenvalue weighted by Crippen LogP contribution is 2.39. The molecule has 11 aromatic rings. The molecule has 11 rings (SSSR count). The fourth-order valence-corrected chi connectivity index (χ4v) is 7.88. The van der Waals surface area contributed by atoms with E-state index in [9.17, 15) is 0 Å². The Bertz CT molecular complexity index is 3020. The number of nitrogens with zero attached hydrogens (tertiary/aromatic N) is 4. The molecule has 4 heterocycles. The molecule has 5 nitrogen and oxygen atoms in total. The first kappa shape index (κ1) is 27.9. The minimum absolute atomic E-state index is 0.602. The molecule has 0 bridgehead atoms. The summed E-state index contributed by atoms with van der Waals surface area (Å²) in [4.78, 5) is 10.2. The second-order valence-corrected chi connectivity index (χ2v) is 13.0. The minimum Gasteiger partial charge on any atom is -0.436 e. The number of pyridine rings is 1. The van der Waals surface area contributed by atoms with Gasteiger partial charge < -0.3 is 8.98 Å². The van der Waals surface area contributed by atoms with Gasteiger partial charge in [-0.25, -0.2) is 9.97 Å². The average molecular weight is 653 g/mol. The molecule has 0 saturated carbocycles. The summed E-state index contributed by atoms with van der Waals surface area (Å²) in [6, 6.07) is 59.7. The first-order chi connectivity index (χ1) is 25.3. The fourth-order valence-electron chi connectivity index (χ4n) is 7.88. The molecule has 0 spiro atoms. The quantitative estimate of drug-likeness (QED) is 0.190. The second kappa shape index (κ2) is 10.8. The molecule has 0 unspecified atom stereocenters. The Balaban J connectivity index is 1.20. The standard InChI is InChI=1S/C46H28N4O/c1-6-19-40-32(14-1)33-15-2-7-20-41(33)49(40)31-24-25-38-37(27-31)36(29-12-11-13-30(26-29)46-48-39-18-5-10-23-44(39)51-46)28-45(47-38)50-42-21-8-3-16-34(42)35-17-4-9-22-43(35)50/h1-28H. The van der Waals surface area contributed by atoms with Crippen molar-refractivity contribution in [1.29, 1.82) is 0 Å². The maximum Gasteiger partial charge on any atom is 0.227 e. The van der Waals surface area contributed by atoms with Crippen molar-refractivity contribution in [3.63, 3.8) is 0 Å². The molecule has 0 saturated heterocycles. The maximum atomic E-state index is 6.23. The zero-order valence-corrected chi connectivity index (χ0v) is 27.4. The SMILES string of the molecule is c1cc(-c2nc3ccccc3o2)cc(-c2cc(-n3c4ccccc4c4ccccc43)nc3ccc(-n4c5ccccc5c5ccccc54)cc23)c1. The first-order valence-corrected chi connectivity index (χ1v) is 17.2. The monoisotopic (exact) mass is 652 g/mol. The van der Waals surface area contributed by atoms with E-state index in [4.69, 9.17) is 14.4 Å². The van der Waals surface area contributed by atoms with Crippen molar-refractivity contribution in [2.24, 2.45) is 0 Å². The molecule has 0 aliphatic carbocycles. The van der Waals surface area contributed by atoms with Gasteiger partial charge in [-0.15, -0.1) is 0 Å². The third kappa shape index (κ3) is 4.22. The zero-order chi connectivity index (χ0) is 33.5. The van der Waals surface area contributed by atoms with E-state index in [0.717, 1.165) is 61.2 Å². The molecule has 0 fully saturated rings. The van der Waals surface area contributed by atoms with Crippen LogP contribution in [-0.4, -0.2) is 19.1 Å². The molecule has 0 aliphatic heterocycles. The van der Waals surface area contributed by atoms with Gasteiger partial charge >= 0.3 is 0 Å².